The van der Waals surface area contributed by atoms with Gasteiger partial charge < -0.3 is 5.32 Å². The van der Waals surface area contributed by atoms with Crippen LogP contribution in [0.5, 0.6) is 0 Å². The summed E-state index contributed by atoms with van der Waals surface area (Å²) in [5.74, 6) is 0.287. The number of hydrogen-bond donors (Lipinski definition) is 2. The largest absolute Gasteiger partial charge is 0.324 e. The quantitative estimate of drug-likeness (QED) is 0.828. The fourth-order valence-corrected chi connectivity index (χ4v) is 3.64. The van der Waals surface area contributed by atoms with E-state index in [1.807, 2.05) is 0 Å². The first-order chi connectivity index (χ1) is 8.56. The predicted octanol–water partition coefficient (Wildman–Crippen LogP) is 1.95. The molecule has 2 N–H and O–H groups in total. The summed E-state index contributed by atoms with van der Waals surface area (Å²) in [4.78, 5) is 4.42. The van der Waals surface area contributed by atoms with E-state index in [0.29, 0.717) is 5.69 Å². The topological polar surface area (TPSA) is 70.6 Å². The van der Waals surface area contributed by atoms with Crippen molar-refractivity contribution >= 4 is 33.3 Å². The van der Waals surface area contributed by atoms with E-state index in [4.69, 9.17) is 11.6 Å². The van der Waals surface area contributed by atoms with Gasteiger partial charge in [0.05, 0.1) is 16.8 Å². The second-order valence-corrected chi connectivity index (χ2v) is 6.44. The zero-order valence-electron chi connectivity index (χ0n) is 9.48. The van der Waals surface area contributed by atoms with Crippen LogP contribution < -0.4 is 10.0 Å². The number of rotatable bonds is 1. The summed E-state index contributed by atoms with van der Waals surface area (Å²) < 4.78 is 26.6. The Hall–Kier alpha value is -1.27. The molecular formula is C11H12ClN3O2S. The van der Waals surface area contributed by atoms with Crippen molar-refractivity contribution in [3.63, 3.8) is 0 Å². The molecule has 1 saturated carbocycles. The lowest BCUT2D eigenvalue weighted by Gasteiger charge is -2.26. The maximum Gasteiger partial charge on any atom is 0.267 e. The van der Waals surface area contributed by atoms with Crippen LogP contribution in [0.1, 0.15) is 19.3 Å². The maximum absolute atomic E-state index is 12.1. The zero-order chi connectivity index (χ0) is 12.8. The third kappa shape index (κ3) is 1.95. The van der Waals surface area contributed by atoms with Crippen LogP contribution in [0.4, 0.5) is 5.69 Å². The van der Waals surface area contributed by atoms with Gasteiger partial charge in [-0.2, -0.15) is 0 Å². The first-order valence-corrected chi connectivity index (χ1v) is 7.58. The third-order valence-corrected chi connectivity index (χ3v) is 4.97. The van der Waals surface area contributed by atoms with Gasteiger partial charge in [0.15, 0.2) is 0 Å². The molecule has 1 aliphatic carbocycles. The van der Waals surface area contributed by atoms with Crippen molar-refractivity contribution in [3.8, 4) is 0 Å². The van der Waals surface area contributed by atoms with E-state index in [1.165, 1.54) is 0 Å². The van der Waals surface area contributed by atoms with Gasteiger partial charge >= 0.3 is 0 Å². The number of nitrogens with zero attached hydrogens (tertiary/aromatic N) is 1. The monoisotopic (exact) mass is 285 g/mol. The van der Waals surface area contributed by atoms with Gasteiger partial charge in [0.2, 0.25) is 5.96 Å². The summed E-state index contributed by atoms with van der Waals surface area (Å²) in [5, 5.41) is 3.17. The van der Waals surface area contributed by atoms with Gasteiger partial charge in [0.25, 0.3) is 10.0 Å². The average molecular weight is 286 g/mol. The number of anilines is 1. The van der Waals surface area contributed by atoms with Crippen molar-refractivity contribution in [2.24, 2.45) is 4.99 Å². The molecule has 0 atom stereocenters. The lowest BCUT2D eigenvalue weighted by atomic mass is 9.94. The maximum atomic E-state index is 12.1. The summed E-state index contributed by atoms with van der Waals surface area (Å²) >= 11 is 5.92. The first kappa shape index (κ1) is 11.8. The van der Waals surface area contributed by atoms with Gasteiger partial charge in [0.1, 0.15) is 4.90 Å². The van der Waals surface area contributed by atoms with Gasteiger partial charge in [-0.1, -0.05) is 17.7 Å². The molecule has 0 aromatic heterocycles. The molecule has 0 bridgehead atoms. The Bertz CT molecular complexity index is 623. The molecule has 18 heavy (non-hydrogen) atoms. The number of nitrogens with one attached hydrogen (secondary N) is 2. The molecule has 3 rings (SSSR count). The van der Waals surface area contributed by atoms with Crippen molar-refractivity contribution < 1.29 is 8.42 Å². The Kier molecular flexibility index (Phi) is 2.71. The minimum Gasteiger partial charge on any atom is -0.324 e. The molecule has 0 spiro atoms. The first-order valence-electron chi connectivity index (χ1n) is 5.72. The lowest BCUT2D eigenvalue weighted by molar-refractivity contribution is 0.419. The van der Waals surface area contributed by atoms with E-state index >= 15 is 0 Å². The molecule has 1 heterocycles. The van der Waals surface area contributed by atoms with E-state index in [2.05, 4.69) is 15.0 Å². The van der Waals surface area contributed by atoms with Crippen molar-refractivity contribution in [2.45, 2.75) is 30.2 Å². The molecule has 1 aromatic carbocycles. The summed E-state index contributed by atoms with van der Waals surface area (Å²) in [5.41, 5.74) is 0.472. The van der Waals surface area contributed by atoms with Gasteiger partial charge in [-0.05, 0) is 31.4 Å². The number of fused-ring (bicyclic) bond motifs is 1. The van der Waals surface area contributed by atoms with Crippen LogP contribution in [0.15, 0.2) is 28.1 Å². The summed E-state index contributed by atoms with van der Waals surface area (Å²) in [6, 6.07) is 5.15. The molecule has 0 saturated heterocycles. The van der Waals surface area contributed by atoms with E-state index < -0.39 is 10.0 Å². The number of guanidine groups is 1. The highest BCUT2D eigenvalue weighted by Crippen LogP contribution is 2.32. The molecule has 0 amide bonds. The Morgan fingerprint density at radius 3 is 2.78 bits per heavy atom. The Balaban J connectivity index is 2.03. The Morgan fingerprint density at radius 1 is 1.33 bits per heavy atom. The number of aliphatic imine (C=N–C) groups is 1. The van der Waals surface area contributed by atoms with Gasteiger partial charge in [-0.25, -0.2) is 18.1 Å². The molecule has 1 aromatic rings. The van der Waals surface area contributed by atoms with E-state index in [9.17, 15) is 8.42 Å². The van der Waals surface area contributed by atoms with Gasteiger partial charge in [-0.3, -0.25) is 0 Å². The van der Waals surface area contributed by atoms with Crippen LogP contribution in [-0.4, -0.2) is 20.4 Å². The van der Waals surface area contributed by atoms with Crippen LogP contribution in [0.2, 0.25) is 5.02 Å². The van der Waals surface area contributed by atoms with Crippen LogP contribution in [0.3, 0.4) is 0 Å². The molecule has 0 radical (unpaired) electrons. The second kappa shape index (κ2) is 4.13. The van der Waals surface area contributed by atoms with Gasteiger partial charge in [0, 0.05) is 0 Å². The summed E-state index contributed by atoms with van der Waals surface area (Å²) in [6.07, 6.45) is 3.17. The minimum absolute atomic E-state index is 0.0826. The fraction of sp³-hybridized carbons (Fsp3) is 0.364. The number of hydrogen-bond acceptors (Lipinski definition) is 3. The standard InChI is InChI=1S/C11H12ClN3O2S/c12-8-5-2-6-9-10(8)18(16,17)15-11(14-9)13-7-3-1-4-7/h2,5-7H,1,3-4H2,(H2,13,14,15). The SMILES string of the molecule is O=S1(=O)NC(=NC2CCC2)Nc2cccc(Cl)c21. The van der Waals surface area contributed by atoms with E-state index in [1.54, 1.807) is 18.2 Å². The van der Waals surface area contributed by atoms with Crippen LogP contribution in [0.25, 0.3) is 0 Å². The van der Waals surface area contributed by atoms with Crippen LogP contribution in [-0.2, 0) is 10.0 Å². The fourth-order valence-electron chi connectivity index (χ4n) is 1.97. The summed E-state index contributed by atoms with van der Waals surface area (Å²) in [7, 11) is -3.63. The minimum atomic E-state index is -3.63. The van der Waals surface area contributed by atoms with Crippen molar-refractivity contribution in [3.05, 3.63) is 23.2 Å². The van der Waals surface area contributed by atoms with Crippen molar-refractivity contribution in [1.29, 1.82) is 0 Å². The molecule has 96 valence electrons. The normalized spacial score (nSPS) is 23.7. The second-order valence-electron chi connectivity index (χ2n) is 4.41. The van der Waals surface area contributed by atoms with Crippen molar-refractivity contribution in [2.75, 3.05) is 5.32 Å². The number of halogens is 1. The van der Waals surface area contributed by atoms with Crippen LogP contribution in [0, 0.1) is 0 Å². The molecule has 2 aliphatic rings. The molecule has 1 aliphatic heterocycles. The molecule has 0 unspecified atom stereocenters. The summed E-state index contributed by atoms with van der Waals surface area (Å²) in [6.45, 7) is 0. The smallest absolute Gasteiger partial charge is 0.267 e. The zero-order valence-corrected chi connectivity index (χ0v) is 11.1. The highest BCUT2D eigenvalue weighted by molar-refractivity contribution is 7.90. The molecule has 1 fully saturated rings. The van der Waals surface area contributed by atoms with E-state index in [-0.39, 0.29) is 21.9 Å². The highest BCUT2D eigenvalue weighted by Gasteiger charge is 2.30. The Labute approximate surface area is 110 Å². The van der Waals surface area contributed by atoms with E-state index in [0.717, 1.165) is 19.3 Å². The number of sulfonamides is 1. The number of benzene rings is 1. The third-order valence-electron chi connectivity index (χ3n) is 3.11. The molecule has 5 nitrogen and oxygen atoms in total. The van der Waals surface area contributed by atoms with Gasteiger partial charge in [-0.15, -0.1) is 0 Å². The highest BCUT2D eigenvalue weighted by atomic mass is 35.5. The molecule has 7 heteroatoms. The lowest BCUT2D eigenvalue weighted by Crippen LogP contribution is -2.42. The van der Waals surface area contributed by atoms with Crippen molar-refractivity contribution in [1.82, 2.24) is 4.72 Å². The van der Waals surface area contributed by atoms with Crippen LogP contribution >= 0.6 is 11.6 Å². The average Bonchev–Trinajstić information content (AvgIpc) is 2.22. The predicted molar refractivity (Wildman–Crippen MR) is 70.5 cm³/mol. The molecular weight excluding hydrogens is 274 g/mol. The Morgan fingerprint density at radius 2 is 2.11 bits per heavy atom.